The van der Waals surface area contributed by atoms with Crippen molar-refractivity contribution in [2.75, 3.05) is 23.0 Å². The molecule has 288 valence electrons. The molecule has 0 saturated heterocycles. The number of imide groups is 2. The topological polar surface area (TPSA) is 144 Å². The SMILES string of the molecule is CCCCCCCOC(=O)c1ccc(N2C(=O)c3ccc(C(=O)c4ccc5c(c4)C(=O)N(c4ccc(C(=O)OCCCCCCC)cc4)C5=O)cc3C2=O)cc1. The highest BCUT2D eigenvalue weighted by Gasteiger charge is 2.39. The van der Waals surface area contributed by atoms with E-state index < -0.39 is 41.4 Å². The highest BCUT2D eigenvalue weighted by Crippen LogP contribution is 2.32. The van der Waals surface area contributed by atoms with E-state index in [1.54, 1.807) is 0 Å². The molecule has 0 unspecified atom stereocenters. The molecule has 0 aromatic heterocycles. The van der Waals surface area contributed by atoms with Crippen LogP contribution >= 0.6 is 0 Å². The van der Waals surface area contributed by atoms with Crippen LogP contribution in [0, 0.1) is 0 Å². The molecule has 0 bridgehead atoms. The van der Waals surface area contributed by atoms with E-state index in [4.69, 9.17) is 9.47 Å². The van der Waals surface area contributed by atoms with Crippen molar-refractivity contribution < 1.29 is 43.0 Å². The molecule has 11 nitrogen and oxygen atoms in total. The Morgan fingerprint density at radius 1 is 0.429 bits per heavy atom. The van der Waals surface area contributed by atoms with Gasteiger partial charge in [-0.3, -0.25) is 24.0 Å². The number of hydrogen-bond acceptors (Lipinski definition) is 9. The molecule has 0 spiro atoms. The van der Waals surface area contributed by atoms with Crippen LogP contribution in [0.2, 0.25) is 0 Å². The molecule has 0 aliphatic carbocycles. The van der Waals surface area contributed by atoms with E-state index in [2.05, 4.69) is 13.8 Å². The molecule has 4 aromatic carbocycles. The summed E-state index contributed by atoms with van der Waals surface area (Å²) >= 11 is 0. The molecule has 2 heterocycles. The molecule has 4 amide bonds. The number of carbonyl (C=O) groups is 7. The molecule has 0 atom stereocenters. The molecule has 0 N–H and O–H groups in total. The number of carbonyl (C=O) groups excluding carboxylic acids is 7. The molecule has 0 saturated carbocycles. The van der Waals surface area contributed by atoms with Gasteiger partial charge in [0.05, 0.1) is 58.0 Å². The third-order valence-electron chi connectivity index (χ3n) is 9.98. The monoisotopic (exact) mass is 756 g/mol. The summed E-state index contributed by atoms with van der Waals surface area (Å²) in [5.74, 6) is -3.90. The zero-order valence-electron chi connectivity index (χ0n) is 31.6. The Hall–Kier alpha value is -6.23. The fourth-order valence-corrected chi connectivity index (χ4v) is 6.80. The zero-order valence-corrected chi connectivity index (χ0v) is 31.6. The third-order valence-corrected chi connectivity index (χ3v) is 9.98. The van der Waals surface area contributed by atoms with Gasteiger partial charge in [-0.05, 0) is 85.6 Å². The predicted octanol–water partition coefficient (Wildman–Crippen LogP) is 8.77. The minimum absolute atomic E-state index is 0.0327. The van der Waals surface area contributed by atoms with Crippen molar-refractivity contribution in [3.05, 3.63) is 129 Å². The molecule has 2 aliphatic heterocycles. The quantitative estimate of drug-likeness (QED) is 0.0421. The summed E-state index contributed by atoms with van der Waals surface area (Å²) in [5.41, 5.74) is 1.62. The van der Waals surface area contributed by atoms with Crippen LogP contribution in [-0.2, 0) is 9.47 Å². The second kappa shape index (κ2) is 17.9. The maximum absolute atomic E-state index is 13.7. The molecule has 2 aliphatic rings. The number of benzene rings is 4. The van der Waals surface area contributed by atoms with Crippen molar-refractivity contribution in [3.8, 4) is 0 Å². The van der Waals surface area contributed by atoms with Gasteiger partial charge < -0.3 is 9.47 Å². The number of esters is 2. The summed E-state index contributed by atoms with van der Waals surface area (Å²) in [6.07, 6.45) is 10.2. The lowest BCUT2D eigenvalue weighted by Gasteiger charge is -2.14. The number of ether oxygens (including phenoxy) is 2. The van der Waals surface area contributed by atoms with Gasteiger partial charge >= 0.3 is 11.9 Å². The number of rotatable bonds is 18. The summed E-state index contributed by atoms with van der Waals surface area (Å²) in [6, 6.07) is 20.3. The predicted molar refractivity (Wildman–Crippen MR) is 210 cm³/mol. The fraction of sp³-hybridized carbons (Fsp3) is 0.311. The van der Waals surface area contributed by atoms with Crippen molar-refractivity contribution in [2.45, 2.75) is 78.1 Å². The van der Waals surface area contributed by atoms with Crippen LogP contribution in [0.3, 0.4) is 0 Å². The van der Waals surface area contributed by atoms with Gasteiger partial charge in [-0.15, -0.1) is 0 Å². The molecular formula is C45H44N2O9. The molecule has 4 aromatic rings. The van der Waals surface area contributed by atoms with Crippen LogP contribution < -0.4 is 9.80 Å². The second-order valence-electron chi connectivity index (χ2n) is 13.9. The van der Waals surface area contributed by atoms with E-state index in [1.807, 2.05) is 0 Å². The van der Waals surface area contributed by atoms with E-state index in [0.717, 1.165) is 74.0 Å². The van der Waals surface area contributed by atoms with E-state index in [1.165, 1.54) is 84.9 Å². The lowest BCUT2D eigenvalue weighted by Crippen LogP contribution is -2.29. The summed E-state index contributed by atoms with van der Waals surface area (Å²) in [6.45, 7) is 4.89. The highest BCUT2D eigenvalue weighted by atomic mass is 16.5. The lowest BCUT2D eigenvalue weighted by atomic mass is 9.96. The van der Waals surface area contributed by atoms with E-state index >= 15 is 0 Å². The first kappa shape index (κ1) is 39.5. The first-order chi connectivity index (χ1) is 27.1. The number of unbranched alkanes of at least 4 members (excludes halogenated alkanes) is 8. The summed E-state index contributed by atoms with van der Waals surface area (Å²) in [7, 11) is 0. The maximum atomic E-state index is 13.7. The van der Waals surface area contributed by atoms with Crippen LogP contribution in [0.4, 0.5) is 11.4 Å². The Balaban J connectivity index is 1.10. The smallest absolute Gasteiger partial charge is 0.338 e. The molecule has 6 rings (SSSR count). The van der Waals surface area contributed by atoms with Crippen LogP contribution in [0.15, 0.2) is 84.9 Å². The largest absolute Gasteiger partial charge is 0.462 e. The number of hydrogen-bond donors (Lipinski definition) is 0. The van der Waals surface area contributed by atoms with Gasteiger partial charge in [0.15, 0.2) is 5.78 Å². The van der Waals surface area contributed by atoms with Crippen LogP contribution in [0.5, 0.6) is 0 Å². The first-order valence-corrected chi connectivity index (χ1v) is 19.3. The van der Waals surface area contributed by atoms with Gasteiger partial charge in [-0.1, -0.05) is 77.3 Å². The first-order valence-electron chi connectivity index (χ1n) is 19.3. The van der Waals surface area contributed by atoms with E-state index in [0.29, 0.717) is 24.3 Å². The Bertz CT molecular complexity index is 2020. The number of anilines is 2. The van der Waals surface area contributed by atoms with Gasteiger partial charge in [-0.2, -0.15) is 0 Å². The lowest BCUT2D eigenvalue weighted by molar-refractivity contribution is 0.0488. The molecule has 0 fully saturated rings. The number of fused-ring (bicyclic) bond motifs is 2. The van der Waals surface area contributed by atoms with Gasteiger partial charge in [-0.25, -0.2) is 19.4 Å². The van der Waals surface area contributed by atoms with Gasteiger partial charge in [0.2, 0.25) is 0 Å². The maximum Gasteiger partial charge on any atom is 0.338 e. The Labute approximate surface area is 325 Å². The summed E-state index contributed by atoms with van der Waals surface area (Å²) < 4.78 is 10.7. The van der Waals surface area contributed by atoms with Gasteiger partial charge in [0, 0.05) is 11.1 Å². The minimum Gasteiger partial charge on any atom is -0.462 e. The normalized spacial score (nSPS) is 13.2. The summed E-state index contributed by atoms with van der Waals surface area (Å²) in [5, 5.41) is 0. The number of nitrogens with zero attached hydrogens (tertiary/aromatic N) is 2. The van der Waals surface area contributed by atoms with Crippen molar-refractivity contribution in [1.29, 1.82) is 0 Å². The minimum atomic E-state index is -0.630. The third kappa shape index (κ3) is 8.36. The van der Waals surface area contributed by atoms with E-state index in [-0.39, 0.29) is 44.8 Å². The molecule has 11 heteroatoms. The molecular weight excluding hydrogens is 712 g/mol. The number of amides is 4. The van der Waals surface area contributed by atoms with Crippen molar-refractivity contribution in [2.24, 2.45) is 0 Å². The van der Waals surface area contributed by atoms with Crippen molar-refractivity contribution in [1.82, 2.24) is 0 Å². The van der Waals surface area contributed by atoms with Crippen LogP contribution in [0.25, 0.3) is 0 Å². The van der Waals surface area contributed by atoms with Crippen molar-refractivity contribution in [3.63, 3.8) is 0 Å². The molecule has 0 radical (unpaired) electrons. The fourth-order valence-electron chi connectivity index (χ4n) is 6.80. The average Bonchev–Trinajstić information content (AvgIpc) is 3.62. The van der Waals surface area contributed by atoms with E-state index in [9.17, 15) is 33.6 Å². The van der Waals surface area contributed by atoms with Gasteiger partial charge in [0.25, 0.3) is 23.6 Å². The van der Waals surface area contributed by atoms with Crippen molar-refractivity contribution >= 4 is 52.7 Å². The Kier molecular flexibility index (Phi) is 12.6. The summed E-state index contributed by atoms with van der Waals surface area (Å²) in [4.78, 5) is 94.4. The van der Waals surface area contributed by atoms with Crippen LogP contribution in [0.1, 0.15) is 156 Å². The van der Waals surface area contributed by atoms with Gasteiger partial charge in [0.1, 0.15) is 0 Å². The zero-order chi connectivity index (χ0) is 39.8. The standard InChI is InChI=1S/C45H44N2O9/c1-3-5-7-9-11-25-55-44(53)29-13-19-33(20-14-29)46-40(49)35-23-17-31(27-37(35)42(46)51)39(48)32-18-24-36-38(28-32)43(52)47(41(36)50)34-21-15-30(16-22-34)45(54)56-26-12-10-8-6-4-2/h13-24,27-28H,3-12,25-26H2,1-2H3. The molecule has 56 heavy (non-hydrogen) atoms. The Morgan fingerprint density at radius 2 is 0.768 bits per heavy atom. The Morgan fingerprint density at radius 3 is 1.14 bits per heavy atom. The average molecular weight is 757 g/mol. The second-order valence-corrected chi connectivity index (χ2v) is 13.9. The van der Waals surface area contributed by atoms with Crippen LogP contribution in [-0.4, -0.2) is 54.6 Å². The number of ketones is 1. The highest BCUT2D eigenvalue weighted by molar-refractivity contribution is 6.36.